The Morgan fingerprint density at radius 3 is 2.60 bits per heavy atom. The Bertz CT molecular complexity index is 510. The minimum Gasteiger partial charge on any atom is -0.496 e. The van der Waals surface area contributed by atoms with E-state index in [-0.39, 0.29) is 12.1 Å². The number of amides is 1. The lowest BCUT2D eigenvalue weighted by Gasteiger charge is -2.41. The van der Waals surface area contributed by atoms with Crippen molar-refractivity contribution < 1.29 is 14.3 Å². The van der Waals surface area contributed by atoms with Crippen LogP contribution in [0.25, 0.3) is 0 Å². The van der Waals surface area contributed by atoms with Crippen molar-refractivity contribution in [1.29, 1.82) is 0 Å². The predicted octanol–water partition coefficient (Wildman–Crippen LogP) is 4.14. The highest BCUT2D eigenvalue weighted by Crippen LogP contribution is 2.37. The van der Waals surface area contributed by atoms with Crippen molar-refractivity contribution in [2.24, 2.45) is 0 Å². The molecule has 4 nitrogen and oxygen atoms in total. The van der Waals surface area contributed by atoms with Crippen molar-refractivity contribution in [2.75, 3.05) is 13.7 Å². The number of halogens is 1. The molecular weight excluding hydrogens is 322 g/mol. The van der Waals surface area contributed by atoms with Crippen molar-refractivity contribution in [3.63, 3.8) is 0 Å². The van der Waals surface area contributed by atoms with Crippen molar-refractivity contribution in [3.05, 3.63) is 28.2 Å². The first-order valence-corrected chi connectivity index (χ1v) is 7.44. The first kappa shape index (κ1) is 15.2. The first-order chi connectivity index (χ1) is 9.31. The van der Waals surface area contributed by atoms with Gasteiger partial charge < -0.3 is 14.4 Å². The monoisotopic (exact) mass is 341 g/mol. The zero-order chi connectivity index (χ0) is 14.9. The fourth-order valence-electron chi connectivity index (χ4n) is 2.16. The van der Waals surface area contributed by atoms with Gasteiger partial charge in [-0.2, -0.15) is 0 Å². The second-order valence-electron chi connectivity index (χ2n) is 5.87. The Labute approximate surface area is 128 Å². The summed E-state index contributed by atoms with van der Waals surface area (Å²) in [5.41, 5.74) is 0.608. The Kier molecular flexibility index (Phi) is 4.28. The predicted molar refractivity (Wildman–Crippen MR) is 81.0 cm³/mol. The molecule has 0 aromatic heterocycles. The SMILES string of the molecule is COc1cc(C2CCN2C(=O)OC(C)(C)C)ccc1Br. The van der Waals surface area contributed by atoms with Crippen molar-refractivity contribution in [1.82, 2.24) is 4.90 Å². The molecule has 1 aromatic carbocycles. The van der Waals surface area contributed by atoms with E-state index in [1.807, 2.05) is 39.0 Å². The van der Waals surface area contributed by atoms with E-state index < -0.39 is 5.60 Å². The molecule has 5 heteroatoms. The van der Waals surface area contributed by atoms with E-state index in [0.717, 1.165) is 28.8 Å². The Hall–Kier alpha value is -1.23. The van der Waals surface area contributed by atoms with Crippen LogP contribution in [-0.2, 0) is 4.74 Å². The van der Waals surface area contributed by atoms with Gasteiger partial charge in [0.1, 0.15) is 11.4 Å². The zero-order valence-electron chi connectivity index (χ0n) is 12.3. The molecule has 1 unspecified atom stereocenters. The van der Waals surface area contributed by atoms with Gasteiger partial charge in [0.2, 0.25) is 0 Å². The number of carbonyl (C=O) groups is 1. The van der Waals surface area contributed by atoms with Gasteiger partial charge in [-0.3, -0.25) is 0 Å². The highest BCUT2D eigenvalue weighted by molar-refractivity contribution is 9.10. The van der Waals surface area contributed by atoms with Crippen LogP contribution < -0.4 is 4.74 Å². The van der Waals surface area contributed by atoms with Crippen LogP contribution >= 0.6 is 15.9 Å². The summed E-state index contributed by atoms with van der Waals surface area (Å²) in [5.74, 6) is 0.776. The molecule has 0 N–H and O–H groups in total. The highest BCUT2D eigenvalue weighted by Gasteiger charge is 2.36. The van der Waals surface area contributed by atoms with E-state index in [1.54, 1.807) is 12.0 Å². The smallest absolute Gasteiger partial charge is 0.410 e. The summed E-state index contributed by atoms with van der Waals surface area (Å²) in [6, 6.07) is 5.99. The van der Waals surface area contributed by atoms with Crippen LogP contribution in [0.1, 0.15) is 38.8 Å². The maximum atomic E-state index is 12.1. The van der Waals surface area contributed by atoms with Gasteiger partial charge in [0, 0.05) is 6.54 Å². The molecule has 1 aromatic rings. The van der Waals surface area contributed by atoms with Gasteiger partial charge in [-0.1, -0.05) is 6.07 Å². The summed E-state index contributed by atoms with van der Waals surface area (Å²) in [6.45, 7) is 6.37. The third kappa shape index (κ3) is 3.26. The van der Waals surface area contributed by atoms with Gasteiger partial charge in [0.05, 0.1) is 17.6 Å². The number of likely N-dealkylation sites (tertiary alicyclic amines) is 1. The van der Waals surface area contributed by atoms with Crippen LogP contribution in [0.3, 0.4) is 0 Å². The molecule has 1 atom stereocenters. The number of rotatable bonds is 2. The van der Waals surface area contributed by atoms with Gasteiger partial charge in [0.15, 0.2) is 0 Å². The summed E-state index contributed by atoms with van der Waals surface area (Å²) in [4.78, 5) is 13.9. The van der Waals surface area contributed by atoms with Crippen LogP contribution in [0.2, 0.25) is 0 Å². The van der Waals surface area contributed by atoms with Crippen molar-refractivity contribution in [2.45, 2.75) is 38.8 Å². The van der Waals surface area contributed by atoms with Crippen LogP contribution in [0, 0.1) is 0 Å². The van der Waals surface area contributed by atoms with Crippen molar-refractivity contribution in [3.8, 4) is 5.75 Å². The van der Waals surface area contributed by atoms with Gasteiger partial charge in [-0.25, -0.2) is 4.79 Å². The molecule has 1 heterocycles. The topological polar surface area (TPSA) is 38.8 Å². The molecule has 1 amide bonds. The molecular formula is C15H20BrNO3. The van der Waals surface area contributed by atoms with Crippen LogP contribution in [-0.4, -0.2) is 30.2 Å². The molecule has 1 aliphatic rings. The van der Waals surface area contributed by atoms with Gasteiger partial charge in [-0.15, -0.1) is 0 Å². The fraction of sp³-hybridized carbons (Fsp3) is 0.533. The number of hydrogen-bond acceptors (Lipinski definition) is 3. The summed E-state index contributed by atoms with van der Waals surface area (Å²) >= 11 is 3.43. The highest BCUT2D eigenvalue weighted by atomic mass is 79.9. The van der Waals surface area contributed by atoms with Crippen molar-refractivity contribution >= 4 is 22.0 Å². The van der Waals surface area contributed by atoms with Crippen LogP contribution in [0.4, 0.5) is 4.79 Å². The third-order valence-electron chi connectivity index (χ3n) is 3.21. The first-order valence-electron chi connectivity index (χ1n) is 6.65. The number of ether oxygens (including phenoxy) is 2. The zero-order valence-corrected chi connectivity index (χ0v) is 13.9. The van der Waals surface area contributed by atoms with E-state index in [4.69, 9.17) is 9.47 Å². The number of nitrogens with zero attached hydrogens (tertiary/aromatic N) is 1. The molecule has 110 valence electrons. The Morgan fingerprint density at radius 2 is 2.10 bits per heavy atom. The molecule has 0 spiro atoms. The minimum absolute atomic E-state index is 0.0758. The fourth-order valence-corrected chi connectivity index (χ4v) is 2.57. The maximum Gasteiger partial charge on any atom is 0.410 e. The lowest BCUT2D eigenvalue weighted by Crippen LogP contribution is -2.47. The molecule has 0 bridgehead atoms. The summed E-state index contributed by atoms with van der Waals surface area (Å²) < 4.78 is 11.6. The summed E-state index contributed by atoms with van der Waals surface area (Å²) in [6.07, 6.45) is 0.694. The third-order valence-corrected chi connectivity index (χ3v) is 3.86. The molecule has 0 radical (unpaired) electrons. The lowest BCUT2D eigenvalue weighted by atomic mass is 9.95. The van der Waals surface area contributed by atoms with Gasteiger partial charge in [0.25, 0.3) is 0 Å². The number of hydrogen-bond donors (Lipinski definition) is 0. The second kappa shape index (κ2) is 5.64. The van der Waals surface area contributed by atoms with E-state index >= 15 is 0 Å². The molecule has 1 fully saturated rings. The largest absolute Gasteiger partial charge is 0.496 e. The molecule has 0 saturated carbocycles. The summed E-state index contributed by atoms with van der Waals surface area (Å²) in [7, 11) is 1.64. The quantitative estimate of drug-likeness (QED) is 0.811. The van der Waals surface area contributed by atoms with E-state index in [9.17, 15) is 4.79 Å². The normalized spacial score (nSPS) is 18.4. The van der Waals surface area contributed by atoms with E-state index in [0.29, 0.717) is 0 Å². The van der Waals surface area contributed by atoms with E-state index in [2.05, 4.69) is 15.9 Å². The van der Waals surface area contributed by atoms with Crippen LogP contribution in [0.15, 0.2) is 22.7 Å². The van der Waals surface area contributed by atoms with Crippen LogP contribution in [0.5, 0.6) is 5.75 Å². The lowest BCUT2D eigenvalue weighted by molar-refractivity contribution is -0.00578. The minimum atomic E-state index is -0.464. The molecule has 1 saturated heterocycles. The van der Waals surface area contributed by atoms with E-state index in [1.165, 1.54) is 0 Å². The number of benzene rings is 1. The average Bonchev–Trinajstić information content (AvgIpc) is 2.27. The number of carbonyl (C=O) groups excluding carboxylic acids is 1. The Balaban J connectivity index is 2.12. The molecule has 0 aliphatic carbocycles. The van der Waals surface area contributed by atoms with Gasteiger partial charge >= 0.3 is 6.09 Å². The average molecular weight is 342 g/mol. The summed E-state index contributed by atoms with van der Waals surface area (Å²) in [5, 5.41) is 0. The molecule has 20 heavy (non-hydrogen) atoms. The second-order valence-corrected chi connectivity index (χ2v) is 6.73. The standard InChI is InChI=1S/C15H20BrNO3/c1-15(2,3)20-14(18)17-8-7-12(17)10-5-6-11(16)13(9-10)19-4/h5-6,9,12H,7-8H2,1-4H3. The Morgan fingerprint density at radius 1 is 1.40 bits per heavy atom. The maximum absolute atomic E-state index is 12.1. The molecule has 2 rings (SSSR count). The van der Waals surface area contributed by atoms with Gasteiger partial charge in [-0.05, 0) is 60.8 Å². The number of methoxy groups -OCH3 is 1. The molecule has 1 aliphatic heterocycles.